The van der Waals surface area contributed by atoms with Gasteiger partial charge in [-0.3, -0.25) is 4.68 Å². The molecule has 21 heavy (non-hydrogen) atoms. The summed E-state index contributed by atoms with van der Waals surface area (Å²) < 4.78 is 27.5. The molecule has 0 bridgehead atoms. The number of hydrogen-bond donors (Lipinski definition) is 1. The first kappa shape index (κ1) is 16.1. The van der Waals surface area contributed by atoms with E-state index in [1.165, 1.54) is 25.0 Å². The topological polar surface area (TPSA) is 81.2 Å². The number of nitrogens with zero attached hydrogens (tertiary/aromatic N) is 3. The summed E-state index contributed by atoms with van der Waals surface area (Å²) in [6, 6.07) is 4.92. The molecule has 0 fully saturated rings. The Morgan fingerprint density at radius 3 is 2.57 bits per heavy atom. The summed E-state index contributed by atoms with van der Waals surface area (Å²) in [5.74, 6) is 0. The molecule has 0 unspecified atom stereocenters. The summed E-state index contributed by atoms with van der Waals surface area (Å²) in [6.07, 6.45) is 1.29. The molecular formula is C12H14Cl2N4O2S. The number of aryl methyl sites for hydroxylation is 1. The average Bonchev–Trinajstić information content (AvgIpc) is 2.73. The summed E-state index contributed by atoms with van der Waals surface area (Å²) in [5, 5.41) is 4.29. The first-order chi connectivity index (χ1) is 9.73. The van der Waals surface area contributed by atoms with E-state index in [2.05, 4.69) is 5.10 Å². The lowest BCUT2D eigenvalue weighted by Gasteiger charge is -2.18. The van der Waals surface area contributed by atoms with E-state index in [4.69, 9.17) is 28.9 Å². The fourth-order valence-electron chi connectivity index (χ4n) is 1.88. The smallest absolute Gasteiger partial charge is 0.261 e. The van der Waals surface area contributed by atoms with Crippen molar-refractivity contribution in [1.82, 2.24) is 14.1 Å². The highest BCUT2D eigenvalue weighted by Gasteiger charge is 2.28. The lowest BCUT2D eigenvalue weighted by Crippen LogP contribution is -2.28. The molecular weight excluding hydrogens is 335 g/mol. The van der Waals surface area contributed by atoms with Crippen LogP contribution < -0.4 is 5.73 Å². The van der Waals surface area contributed by atoms with Gasteiger partial charge in [-0.05, 0) is 23.8 Å². The van der Waals surface area contributed by atoms with Crippen LogP contribution in [0.1, 0.15) is 5.56 Å². The largest absolute Gasteiger partial charge is 0.399 e. The summed E-state index contributed by atoms with van der Waals surface area (Å²) in [7, 11) is -0.826. The van der Waals surface area contributed by atoms with Crippen LogP contribution in [0.2, 0.25) is 10.0 Å². The molecule has 1 aromatic carbocycles. The van der Waals surface area contributed by atoms with Crippen LogP contribution in [0, 0.1) is 0 Å². The second-order valence-electron chi connectivity index (χ2n) is 4.53. The third-order valence-corrected chi connectivity index (χ3v) is 5.64. The third-order valence-electron chi connectivity index (χ3n) is 2.96. The van der Waals surface area contributed by atoms with Crippen molar-refractivity contribution in [2.24, 2.45) is 7.05 Å². The van der Waals surface area contributed by atoms with Gasteiger partial charge in [0.2, 0.25) is 0 Å². The molecule has 0 radical (unpaired) electrons. The zero-order valence-electron chi connectivity index (χ0n) is 11.4. The van der Waals surface area contributed by atoms with E-state index in [0.29, 0.717) is 16.3 Å². The van der Waals surface area contributed by atoms with Crippen molar-refractivity contribution < 1.29 is 8.42 Å². The summed E-state index contributed by atoms with van der Waals surface area (Å²) >= 11 is 12.0. The van der Waals surface area contributed by atoms with E-state index in [0.717, 1.165) is 4.31 Å². The number of rotatable bonds is 4. The Morgan fingerprint density at radius 2 is 2.00 bits per heavy atom. The number of hydrogen-bond acceptors (Lipinski definition) is 4. The monoisotopic (exact) mass is 348 g/mol. The standard InChI is InChI=1S/C12H14Cl2N4O2S/c1-17(7-8-5-9(15)3-4-10(8)13)21(19,20)12-11(14)6-16-18(12)2/h3-6H,7,15H2,1-2H3. The number of sulfonamides is 1. The number of nitrogens with two attached hydrogens (primary N) is 1. The van der Waals surface area contributed by atoms with E-state index in [1.54, 1.807) is 18.2 Å². The highest BCUT2D eigenvalue weighted by Crippen LogP contribution is 2.26. The zero-order chi connectivity index (χ0) is 15.8. The van der Waals surface area contributed by atoms with Crippen LogP contribution in [-0.2, 0) is 23.6 Å². The predicted molar refractivity (Wildman–Crippen MR) is 82.7 cm³/mol. The van der Waals surface area contributed by atoms with E-state index in [-0.39, 0.29) is 16.6 Å². The molecule has 0 amide bonds. The Hall–Kier alpha value is -1.28. The van der Waals surface area contributed by atoms with Crippen molar-refractivity contribution in [1.29, 1.82) is 0 Å². The van der Waals surface area contributed by atoms with Gasteiger partial charge >= 0.3 is 0 Å². The number of aromatic nitrogens is 2. The number of halogens is 2. The van der Waals surface area contributed by atoms with Crippen molar-refractivity contribution in [2.75, 3.05) is 12.8 Å². The summed E-state index contributed by atoms with van der Waals surface area (Å²) in [5.41, 5.74) is 6.82. The second kappa shape index (κ2) is 5.84. The Morgan fingerprint density at radius 1 is 1.33 bits per heavy atom. The van der Waals surface area contributed by atoms with Gasteiger partial charge in [-0.2, -0.15) is 9.40 Å². The maximum atomic E-state index is 12.5. The maximum absolute atomic E-state index is 12.5. The van der Waals surface area contributed by atoms with Crippen molar-refractivity contribution in [3.05, 3.63) is 40.0 Å². The van der Waals surface area contributed by atoms with Gasteiger partial charge in [0.05, 0.1) is 11.2 Å². The zero-order valence-corrected chi connectivity index (χ0v) is 13.7. The van der Waals surface area contributed by atoms with E-state index in [1.807, 2.05) is 0 Å². The fraction of sp³-hybridized carbons (Fsp3) is 0.250. The molecule has 1 aromatic heterocycles. The quantitative estimate of drug-likeness (QED) is 0.858. The van der Waals surface area contributed by atoms with E-state index < -0.39 is 10.0 Å². The van der Waals surface area contributed by atoms with E-state index in [9.17, 15) is 8.42 Å². The third kappa shape index (κ3) is 3.16. The van der Waals surface area contributed by atoms with Crippen LogP contribution in [0.5, 0.6) is 0 Å². The normalized spacial score (nSPS) is 12.0. The fourth-order valence-corrected chi connectivity index (χ4v) is 3.80. The van der Waals surface area contributed by atoms with Gasteiger partial charge in [0.25, 0.3) is 10.0 Å². The lowest BCUT2D eigenvalue weighted by atomic mass is 10.2. The maximum Gasteiger partial charge on any atom is 0.261 e. The minimum atomic E-state index is -3.78. The van der Waals surface area contributed by atoms with Crippen LogP contribution >= 0.6 is 23.2 Å². The molecule has 1 heterocycles. The van der Waals surface area contributed by atoms with Gasteiger partial charge in [0.1, 0.15) is 0 Å². The molecule has 9 heteroatoms. The molecule has 0 saturated heterocycles. The summed E-state index contributed by atoms with van der Waals surface area (Å²) in [4.78, 5) is 0. The van der Waals surface area contributed by atoms with Crippen LogP contribution in [0.25, 0.3) is 0 Å². The van der Waals surface area contributed by atoms with Crippen LogP contribution in [0.15, 0.2) is 29.4 Å². The number of anilines is 1. The van der Waals surface area contributed by atoms with Gasteiger partial charge in [-0.25, -0.2) is 8.42 Å². The number of nitrogen functional groups attached to an aromatic ring is 1. The molecule has 0 aliphatic rings. The first-order valence-electron chi connectivity index (χ1n) is 5.91. The highest BCUT2D eigenvalue weighted by atomic mass is 35.5. The molecule has 2 aromatic rings. The SMILES string of the molecule is CN(Cc1cc(N)ccc1Cl)S(=O)(=O)c1c(Cl)cnn1C. The molecule has 0 saturated carbocycles. The van der Waals surface area contributed by atoms with Crippen molar-refractivity contribution in [2.45, 2.75) is 11.6 Å². The molecule has 0 spiro atoms. The molecule has 0 atom stereocenters. The van der Waals surface area contributed by atoms with Crippen molar-refractivity contribution in [3.63, 3.8) is 0 Å². The Labute approximate surface area is 133 Å². The lowest BCUT2D eigenvalue weighted by molar-refractivity contribution is 0.457. The van der Waals surface area contributed by atoms with Crippen molar-refractivity contribution in [3.8, 4) is 0 Å². The molecule has 2 N–H and O–H groups in total. The van der Waals surface area contributed by atoms with E-state index >= 15 is 0 Å². The molecule has 0 aliphatic heterocycles. The predicted octanol–water partition coefficient (Wildman–Crippen LogP) is 2.13. The van der Waals surface area contributed by atoms with Gasteiger partial charge in [0.15, 0.2) is 5.03 Å². The molecule has 2 rings (SSSR count). The van der Waals surface area contributed by atoms with Crippen LogP contribution in [0.4, 0.5) is 5.69 Å². The van der Waals surface area contributed by atoms with Crippen molar-refractivity contribution >= 4 is 38.9 Å². The Kier molecular flexibility index (Phi) is 4.48. The van der Waals surface area contributed by atoms with Gasteiger partial charge in [0, 0.05) is 31.4 Å². The first-order valence-corrected chi connectivity index (χ1v) is 8.11. The highest BCUT2D eigenvalue weighted by molar-refractivity contribution is 7.89. The molecule has 114 valence electrons. The molecule has 6 nitrogen and oxygen atoms in total. The minimum absolute atomic E-state index is 0.0632. The van der Waals surface area contributed by atoms with Gasteiger partial charge < -0.3 is 5.73 Å². The van der Waals surface area contributed by atoms with Crippen LogP contribution in [0.3, 0.4) is 0 Å². The molecule has 0 aliphatic carbocycles. The average molecular weight is 349 g/mol. The van der Waals surface area contributed by atoms with Gasteiger partial charge in [-0.1, -0.05) is 23.2 Å². The van der Waals surface area contributed by atoms with Gasteiger partial charge in [-0.15, -0.1) is 0 Å². The van der Waals surface area contributed by atoms with Crippen LogP contribution in [-0.4, -0.2) is 29.6 Å². The second-order valence-corrected chi connectivity index (χ2v) is 7.31. The number of benzene rings is 1. The minimum Gasteiger partial charge on any atom is -0.399 e. The Balaban J connectivity index is 2.36. The Bertz CT molecular complexity index is 754. The summed E-state index contributed by atoms with van der Waals surface area (Å²) in [6.45, 7) is 0.0771.